The molecular weight excluding hydrogens is 382 g/mol. The molecule has 3 aromatic rings. The van der Waals surface area contributed by atoms with Crippen molar-refractivity contribution in [2.24, 2.45) is 0 Å². The zero-order valence-electron chi connectivity index (χ0n) is 12.6. The van der Waals surface area contributed by atoms with Gasteiger partial charge >= 0.3 is 0 Å². The molecule has 0 saturated heterocycles. The lowest BCUT2D eigenvalue weighted by Crippen LogP contribution is -2.12. The fourth-order valence-electron chi connectivity index (χ4n) is 1.94. The Bertz CT molecular complexity index is 787. The molecule has 0 fully saturated rings. The number of hydrogen-bond donors (Lipinski definition) is 1. The van der Waals surface area contributed by atoms with Gasteiger partial charge in [0.15, 0.2) is 4.34 Å². The van der Waals surface area contributed by atoms with E-state index in [1.165, 1.54) is 16.2 Å². The molecule has 1 amide bonds. The molecule has 0 aliphatic rings. The number of aryl methyl sites for hydroxylation is 1. The van der Waals surface area contributed by atoms with E-state index in [2.05, 4.69) is 27.0 Å². The zero-order valence-corrected chi connectivity index (χ0v) is 15.8. The normalized spacial score (nSPS) is 10.7. The van der Waals surface area contributed by atoms with Crippen molar-refractivity contribution in [1.82, 2.24) is 10.2 Å². The Morgan fingerprint density at radius 3 is 2.79 bits per heavy atom. The Hall–Kier alpha value is -1.41. The Labute approximate surface area is 157 Å². The van der Waals surface area contributed by atoms with Crippen LogP contribution in [0.5, 0.6) is 0 Å². The molecule has 1 aromatic carbocycles. The van der Waals surface area contributed by atoms with Gasteiger partial charge < -0.3 is 5.32 Å². The number of thiophene rings is 1. The maximum absolute atomic E-state index is 12.0. The van der Waals surface area contributed by atoms with Gasteiger partial charge in [-0.3, -0.25) is 4.79 Å². The van der Waals surface area contributed by atoms with Gasteiger partial charge in [-0.2, -0.15) is 0 Å². The van der Waals surface area contributed by atoms with Crippen molar-refractivity contribution < 1.29 is 4.79 Å². The molecule has 0 aliphatic carbocycles. The fraction of sp³-hybridized carbons (Fsp3) is 0.188. The largest absolute Gasteiger partial charge is 0.300 e. The summed E-state index contributed by atoms with van der Waals surface area (Å²) in [5, 5.41) is 14.2. The van der Waals surface area contributed by atoms with Crippen LogP contribution in [-0.4, -0.2) is 16.1 Å². The first-order chi connectivity index (χ1) is 11.7. The molecule has 24 heavy (non-hydrogen) atoms. The van der Waals surface area contributed by atoms with Crippen molar-refractivity contribution >= 4 is 57.1 Å². The van der Waals surface area contributed by atoms with E-state index in [-0.39, 0.29) is 5.91 Å². The average Bonchev–Trinajstić information content (AvgIpc) is 3.24. The minimum absolute atomic E-state index is 0.0593. The molecule has 0 atom stereocenters. The molecule has 0 radical (unpaired) electrons. The predicted molar refractivity (Wildman–Crippen MR) is 102 cm³/mol. The number of nitrogens with one attached hydrogen (secondary N) is 1. The number of anilines is 1. The monoisotopic (exact) mass is 395 g/mol. The van der Waals surface area contributed by atoms with Crippen molar-refractivity contribution in [2.75, 3.05) is 5.32 Å². The molecule has 2 heterocycles. The second-order valence-corrected chi connectivity index (χ2v) is 8.58. The lowest BCUT2D eigenvalue weighted by Gasteiger charge is -2.02. The molecule has 1 N–H and O–H groups in total. The molecular formula is C16H14ClN3OS3. The van der Waals surface area contributed by atoms with Gasteiger partial charge in [0.1, 0.15) is 0 Å². The van der Waals surface area contributed by atoms with E-state index in [1.807, 2.05) is 30.3 Å². The van der Waals surface area contributed by atoms with E-state index in [9.17, 15) is 4.79 Å². The number of hydrogen-bond acceptors (Lipinski definition) is 6. The summed E-state index contributed by atoms with van der Waals surface area (Å²) in [5.41, 5.74) is 1.08. The summed E-state index contributed by atoms with van der Waals surface area (Å²) in [6, 6.07) is 11.7. The third kappa shape index (κ3) is 5.31. The Morgan fingerprint density at radius 2 is 2.04 bits per heavy atom. The molecule has 0 saturated carbocycles. The van der Waals surface area contributed by atoms with Crippen LogP contribution in [0.15, 0.2) is 46.1 Å². The summed E-state index contributed by atoms with van der Waals surface area (Å²) in [6.07, 6.45) is 1.07. The number of carbonyl (C=O) groups excluding carboxylic acids is 1. The Morgan fingerprint density at radius 1 is 1.21 bits per heavy atom. The minimum Gasteiger partial charge on any atom is -0.300 e. The highest BCUT2D eigenvalue weighted by molar-refractivity contribution is 8.00. The van der Waals surface area contributed by atoms with Crippen LogP contribution >= 0.6 is 46.0 Å². The number of benzene rings is 1. The molecule has 0 spiro atoms. The molecule has 3 rings (SSSR count). The summed E-state index contributed by atoms with van der Waals surface area (Å²) >= 11 is 10.6. The van der Waals surface area contributed by atoms with Crippen LogP contribution in [0, 0.1) is 0 Å². The van der Waals surface area contributed by atoms with Crippen molar-refractivity contribution in [3.8, 4) is 0 Å². The maximum Gasteiger partial charge on any atom is 0.226 e. The van der Waals surface area contributed by atoms with Crippen molar-refractivity contribution in [3.05, 3.63) is 57.2 Å². The summed E-state index contributed by atoms with van der Waals surface area (Å²) in [4.78, 5) is 13.3. The molecule has 2 aromatic heterocycles. The summed E-state index contributed by atoms with van der Waals surface area (Å²) in [7, 11) is 0. The van der Waals surface area contributed by atoms with Crippen LogP contribution in [0.1, 0.15) is 16.9 Å². The topological polar surface area (TPSA) is 54.9 Å². The zero-order chi connectivity index (χ0) is 16.8. The van der Waals surface area contributed by atoms with Crippen molar-refractivity contribution in [1.29, 1.82) is 0 Å². The predicted octanol–water partition coefficient (Wildman–Crippen LogP) is 5.12. The van der Waals surface area contributed by atoms with Gasteiger partial charge in [0.25, 0.3) is 0 Å². The third-order valence-corrected chi connectivity index (χ3v) is 6.46. The van der Waals surface area contributed by atoms with E-state index >= 15 is 0 Å². The van der Waals surface area contributed by atoms with Gasteiger partial charge in [0, 0.05) is 22.1 Å². The van der Waals surface area contributed by atoms with Gasteiger partial charge in [0.05, 0.1) is 0 Å². The van der Waals surface area contributed by atoms with Crippen molar-refractivity contribution in [3.63, 3.8) is 0 Å². The second-order valence-electron chi connectivity index (χ2n) is 4.92. The lowest BCUT2D eigenvalue weighted by molar-refractivity contribution is -0.116. The average molecular weight is 396 g/mol. The third-order valence-electron chi connectivity index (χ3n) is 3.12. The molecule has 0 unspecified atom stereocenters. The Balaban J connectivity index is 1.45. The number of thioether (sulfide) groups is 1. The number of nitrogens with zero attached hydrogens (tertiary/aromatic N) is 2. The second kappa shape index (κ2) is 8.62. The Kier molecular flexibility index (Phi) is 6.25. The van der Waals surface area contributed by atoms with Crippen molar-refractivity contribution in [2.45, 2.75) is 22.9 Å². The fourth-order valence-corrected chi connectivity index (χ4v) is 4.60. The smallest absolute Gasteiger partial charge is 0.226 e. The first kappa shape index (κ1) is 17.4. The van der Waals surface area contributed by atoms with Crippen LogP contribution in [0.25, 0.3) is 0 Å². The number of carbonyl (C=O) groups is 1. The maximum atomic E-state index is 12.0. The van der Waals surface area contributed by atoms with Gasteiger partial charge in [-0.15, -0.1) is 21.5 Å². The SMILES string of the molecule is O=C(CCc1ccc(Cl)cc1)Nc1nnc(SCc2cccs2)s1. The number of rotatable bonds is 7. The first-order valence-electron chi connectivity index (χ1n) is 7.22. The molecule has 8 heteroatoms. The van der Waals surface area contributed by atoms with Crippen LogP contribution < -0.4 is 5.32 Å². The van der Waals surface area contributed by atoms with Gasteiger partial charge in [-0.1, -0.05) is 52.9 Å². The quantitative estimate of drug-likeness (QED) is 0.445. The van der Waals surface area contributed by atoms with Gasteiger partial charge in [-0.25, -0.2) is 0 Å². The highest BCUT2D eigenvalue weighted by atomic mass is 35.5. The summed E-state index contributed by atoms with van der Waals surface area (Å²) in [6.45, 7) is 0. The van der Waals surface area contributed by atoms with Gasteiger partial charge in [0.2, 0.25) is 11.0 Å². The standard InChI is InChI=1S/C16H14ClN3OS3/c17-12-6-3-11(4-7-12)5-8-14(21)18-15-19-20-16(24-15)23-10-13-2-1-9-22-13/h1-4,6-7,9H,5,8,10H2,(H,18,19,21). The minimum atomic E-state index is -0.0593. The van der Waals surface area contributed by atoms with E-state index in [0.29, 0.717) is 23.0 Å². The number of amides is 1. The number of aromatic nitrogens is 2. The van der Waals surface area contributed by atoms with E-state index < -0.39 is 0 Å². The van der Waals surface area contributed by atoms with Crippen LogP contribution in [0.3, 0.4) is 0 Å². The van der Waals surface area contributed by atoms with Crippen LogP contribution in [0.2, 0.25) is 5.02 Å². The highest BCUT2D eigenvalue weighted by Gasteiger charge is 2.09. The van der Waals surface area contributed by atoms with Gasteiger partial charge in [-0.05, 0) is 35.6 Å². The number of halogens is 1. The lowest BCUT2D eigenvalue weighted by atomic mass is 10.1. The molecule has 124 valence electrons. The molecule has 4 nitrogen and oxygen atoms in total. The van der Waals surface area contributed by atoms with E-state index in [0.717, 1.165) is 15.7 Å². The molecule has 0 bridgehead atoms. The summed E-state index contributed by atoms with van der Waals surface area (Å²) in [5.74, 6) is 0.812. The molecule has 0 aliphatic heterocycles. The van der Waals surface area contributed by atoms with Crippen LogP contribution in [0.4, 0.5) is 5.13 Å². The first-order valence-corrected chi connectivity index (χ1v) is 10.3. The van der Waals surface area contributed by atoms with Crippen LogP contribution in [-0.2, 0) is 17.0 Å². The summed E-state index contributed by atoms with van der Waals surface area (Å²) < 4.78 is 0.858. The highest BCUT2D eigenvalue weighted by Crippen LogP contribution is 2.29. The van der Waals surface area contributed by atoms with E-state index in [4.69, 9.17) is 11.6 Å². The van der Waals surface area contributed by atoms with E-state index in [1.54, 1.807) is 23.1 Å².